The second-order valence-electron chi connectivity index (χ2n) is 7.86. The van der Waals surface area contributed by atoms with E-state index < -0.39 is 11.5 Å². The molecule has 23 heavy (non-hydrogen) atoms. The number of aliphatic hydroxyl groups excluding tert-OH is 1. The number of nitrogens with zero attached hydrogens (tertiary/aromatic N) is 1. The lowest BCUT2D eigenvalue weighted by Gasteiger charge is -2.36. The van der Waals surface area contributed by atoms with Gasteiger partial charge in [0.15, 0.2) is 0 Å². The average Bonchev–Trinajstić information content (AvgIpc) is 2.72. The number of carbonyl (C=O) groups is 2. The predicted octanol–water partition coefficient (Wildman–Crippen LogP) is 2.22. The highest BCUT2D eigenvalue weighted by atomic mass is 16.3. The molecule has 1 atom stereocenters. The smallest absolute Gasteiger partial charge is 0.249 e. The second-order valence-corrected chi connectivity index (χ2v) is 7.86. The highest BCUT2D eigenvalue weighted by Gasteiger charge is 2.37. The number of aliphatic hydroxyl groups is 1. The maximum absolute atomic E-state index is 12.4. The van der Waals surface area contributed by atoms with Crippen LogP contribution in [0.15, 0.2) is 0 Å². The third-order valence-corrected chi connectivity index (χ3v) is 5.21. The van der Waals surface area contributed by atoms with Gasteiger partial charge in [-0.15, -0.1) is 0 Å². The van der Waals surface area contributed by atoms with Crippen LogP contribution >= 0.6 is 0 Å². The molecule has 0 aromatic rings. The van der Waals surface area contributed by atoms with Gasteiger partial charge in [0.1, 0.15) is 6.10 Å². The first-order valence-electron chi connectivity index (χ1n) is 9.16. The number of likely N-dealkylation sites (tertiary alicyclic amines) is 1. The largest absolute Gasteiger partial charge is 0.383 e. The molecule has 2 rings (SSSR count). The van der Waals surface area contributed by atoms with Crippen molar-refractivity contribution in [3.63, 3.8) is 0 Å². The summed E-state index contributed by atoms with van der Waals surface area (Å²) in [5, 5.41) is 13.5. The van der Waals surface area contributed by atoms with Crippen LogP contribution in [0.1, 0.15) is 71.6 Å². The van der Waals surface area contributed by atoms with E-state index in [1.54, 1.807) is 0 Å². The van der Waals surface area contributed by atoms with Crippen LogP contribution in [0.3, 0.4) is 0 Å². The normalized spacial score (nSPS) is 22.6. The maximum Gasteiger partial charge on any atom is 0.249 e. The van der Waals surface area contributed by atoms with Crippen molar-refractivity contribution in [2.75, 3.05) is 13.1 Å². The van der Waals surface area contributed by atoms with Crippen molar-refractivity contribution in [2.45, 2.75) is 83.8 Å². The summed E-state index contributed by atoms with van der Waals surface area (Å²) in [5.74, 6) is -0.139. The number of amides is 2. The topological polar surface area (TPSA) is 69.6 Å². The molecule has 132 valence electrons. The Labute approximate surface area is 139 Å². The lowest BCUT2D eigenvalue weighted by molar-refractivity contribution is -0.141. The minimum Gasteiger partial charge on any atom is -0.383 e. The zero-order valence-corrected chi connectivity index (χ0v) is 14.6. The summed E-state index contributed by atoms with van der Waals surface area (Å²) in [4.78, 5) is 26.4. The number of nitrogens with one attached hydrogen (secondary N) is 1. The number of hydrogen-bond donors (Lipinski definition) is 2. The van der Waals surface area contributed by atoms with Crippen molar-refractivity contribution >= 4 is 11.8 Å². The van der Waals surface area contributed by atoms with Crippen molar-refractivity contribution in [1.82, 2.24) is 10.2 Å². The van der Waals surface area contributed by atoms with Crippen LogP contribution in [0.5, 0.6) is 0 Å². The summed E-state index contributed by atoms with van der Waals surface area (Å²) in [7, 11) is 0. The predicted molar refractivity (Wildman–Crippen MR) is 89.9 cm³/mol. The van der Waals surface area contributed by atoms with Crippen molar-refractivity contribution in [2.24, 2.45) is 5.41 Å². The van der Waals surface area contributed by atoms with Crippen molar-refractivity contribution in [3.05, 3.63) is 0 Å². The first-order chi connectivity index (χ1) is 10.9. The fraction of sp³-hybridized carbons (Fsp3) is 0.889. The standard InChI is InChI=1S/C18H32N2O3/c1-18(2,13-20-12-8-4-7-11-15(20)21)16(22)17(23)19-14-9-5-3-6-10-14/h14,16,22H,3-13H2,1-2H3,(H,19,23). The molecule has 0 spiro atoms. The molecule has 2 N–H and O–H groups in total. The van der Waals surface area contributed by atoms with E-state index in [0.29, 0.717) is 13.0 Å². The second kappa shape index (κ2) is 8.13. The molecule has 1 aliphatic heterocycles. The van der Waals surface area contributed by atoms with E-state index in [4.69, 9.17) is 0 Å². The van der Waals surface area contributed by atoms with Gasteiger partial charge in [-0.3, -0.25) is 9.59 Å². The monoisotopic (exact) mass is 324 g/mol. The summed E-state index contributed by atoms with van der Waals surface area (Å²) in [6.07, 6.45) is 8.06. The molecular weight excluding hydrogens is 292 g/mol. The minimum atomic E-state index is -1.08. The maximum atomic E-state index is 12.4. The first-order valence-corrected chi connectivity index (χ1v) is 9.16. The molecule has 1 heterocycles. The number of rotatable bonds is 5. The quantitative estimate of drug-likeness (QED) is 0.815. The Kier molecular flexibility index (Phi) is 6.45. The van der Waals surface area contributed by atoms with E-state index in [9.17, 15) is 14.7 Å². The van der Waals surface area contributed by atoms with Crippen molar-refractivity contribution in [1.29, 1.82) is 0 Å². The summed E-state index contributed by atoms with van der Waals surface area (Å²) < 4.78 is 0. The molecule has 0 radical (unpaired) electrons. The van der Waals surface area contributed by atoms with Gasteiger partial charge in [0.05, 0.1) is 0 Å². The van der Waals surface area contributed by atoms with E-state index in [-0.39, 0.29) is 17.9 Å². The molecule has 5 heteroatoms. The molecule has 0 aromatic heterocycles. The number of carbonyl (C=O) groups excluding carboxylic acids is 2. The Hall–Kier alpha value is -1.10. The van der Waals surface area contributed by atoms with Gasteiger partial charge in [0.25, 0.3) is 0 Å². The van der Waals surface area contributed by atoms with Gasteiger partial charge in [-0.2, -0.15) is 0 Å². The third kappa shape index (κ3) is 5.20. The Morgan fingerprint density at radius 2 is 1.87 bits per heavy atom. The van der Waals surface area contributed by atoms with Gasteiger partial charge in [-0.05, 0) is 25.7 Å². The molecule has 5 nitrogen and oxygen atoms in total. The lowest BCUT2D eigenvalue weighted by atomic mass is 9.84. The fourth-order valence-corrected chi connectivity index (χ4v) is 3.67. The summed E-state index contributed by atoms with van der Waals surface area (Å²) in [5.41, 5.74) is -0.640. The van der Waals surface area contributed by atoms with E-state index in [0.717, 1.165) is 51.5 Å². The molecule has 0 bridgehead atoms. The van der Waals surface area contributed by atoms with Gasteiger partial charge in [0, 0.05) is 31.0 Å². The molecule has 2 fully saturated rings. The Balaban J connectivity index is 1.90. The van der Waals surface area contributed by atoms with Crippen LogP contribution in [0, 0.1) is 5.41 Å². The molecule has 1 aliphatic carbocycles. The highest BCUT2D eigenvalue weighted by Crippen LogP contribution is 2.25. The summed E-state index contributed by atoms with van der Waals surface area (Å²) >= 11 is 0. The fourth-order valence-electron chi connectivity index (χ4n) is 3.67. The molecular formula is C18H32N2O3. The van der Waals surface area contributed by atoms with Crippen LogP contribution in [0.4, 0.5) is 0 Å². The van der Waals surface area contributed by atoms with Crippen LogP contribution in [0.25, 0.3) is 0 Å². The first kappa shape index (κ1) is 18.2. The van der Waals surface area contributed by atoms with Gasteiger partial charge in [0.2, 0.25) is 11.8 Å². The summed E-state index contributed by atoms with van der Waals surface area (Å²) in [6, 6.07) is 0.196. The Bertz CT molecular complexity index is 416. The van der Waals surface area contributed by atoms with Crippen LogP contribution in [-0.2, 0) is 9.59 Å². The number of hydrogen-bond acceptors (Lipinski definition) is 3. The zero-order valence-electron chi connectivity index (χ0n) is 14.6. The molecule has 1 unspecified atom stereocenters. The van der Waals surface area contributed by atoms with Crippen LogP contribution in [0.2, 0.25) is 0 Å². The molecule has 1 saturated heterocycles. The summed E-state index contributed by atoms with van der Waals surface area (Å²) in [6.45, 7) is 4.91. The lowest BCUT2D eigenvalue weighted by Crippen LogP contribution is -2.52. The van der Waals surface area contributed by atoms with Crippen LogP contribution in [-0.4, -0.2) is 47.1 Å². The van der Waals surface area contributed by atoms with E-state index in [1.165, 1.54) is 6.42 Å². The van der Waals surface area contributed by atoms with Gasteiger partial charge in [-0.25, -0.2) is 0 Å². The molecule has 1 saturated carbocycles. The van der Waals surface area contributed by atoms with Crippen molar-refractivity contribution < 1.29 is 14.7 Å². The van der Waals surface area contributed by atoms with E-state index in [2.05, 4.69) is 5.32 Å². The van der Waals surface area contributed by atoms with Crippen molar-refractivity contribution in [3.8, 4) is 0 Å². The van der Waals surface area contributed by atoms with E-state index >= 15 is 0 Å². The average molecular weight is 324 g/mol. The SMILES string of the molecule is CC(C)(CN1CCCCCC1=O)C(O)C(=O)NC1CCCCC1. The zero-order chi connectivity index (χ0) is 16.9. The highest BCUT2D eigenvalue weighted by molar-refractivity contribution is 5.82. The Morgan fingerprint density at radius 3 is 2.57 bits per heavy atom. The van der Waals surface area contributed by atoms with Gasteiger partial charge < -0.3 is 15.3 Å². The van der Waals surface area contributed by atoms with Crippen LogP contribution < -0.4 is 5.32 Å². The molecule has 2 amide bonds. The third-order valence-electron chi connectivity index (χ3n) is 5.21. The minimum absolute atomic E-state index is 0.149. The van der Waals surface area contributed by atoms with Gasteiger partial charge >= 0.3 is 0 Å². The van der Waals surface area contributed by atoms with Gasteiger partial charge in [-0.1, -0.05) is 39.5 Å². The molecule has 0 aromatic carbocycles. The molecule has 2 aliphatic rings. The van der Waals surface area contributed by atoms with E-state index in [1.807, 2.05) is 18.7 Å². The Morgan fingerprint density at radius 1 is 1.22 bits per heavy atom.